The van der Waals surface area contributed by atoms with Gasteiger partial charge in [-0.2, -0.15) is 0 Å². The SMILES string of the molecule is Clc1ccc(On2c[c]cn2)cc1Cl. The van der Waals surface area contributed by atoms with E-state index in [1.165, 1.54) is 11.0 Å². The maximum Gasteiger partial charge on any atom is 0.159 e. The van der Waals surface area contributed by atoms with E-state index in [0.717, 1.165) is 0 Å². The first-order valence-electron chi connectivity index (χ1n) is 3.80. The molecule has 0 aliphatic heterocycles. The Kier molecular flexibility index (Phi) is 2.61. The third-order valence-corrected chi connectivity index (χ3v) is 2.26. The van der Waals surface area contributed by atoms with Crippen molar-refractivity contribution in [3.8, 4) is 5.75 Å². The van der Waals surface area contributed by atoms with Gasteiger partial charge in [0.05, 0.1) is 22.4 Å². The van der Waals surface area contributed by atoms with Crippen LogP contribution in [0.15, 0.2) is 30.6 Å². The summed E-state index contributed by atoms with van der Waals surface area (Å²) in [5.74, 6) is 0.566. The van der Waals surface area contributed by atoms with Crippen molar-refractivity contribution in [1.82, 2.24) is 9.94 Å². The lowest BCUT2D eigenvalue weighted by Gasteiger charge is -2.04. The van der Waals surface area contributed by atoms with Crippen LogP contribution in [0.4, 0.5) is 0 Å². The lowest BCUT2D eigenvalue weighted by Crippen LogP contribution is -2.04. The van der Waals surface area contributed by atoms with Crippen LogP contribution in [0.2, 0.25) is 10.0 Å². The average Bonchev–Trinajstić information content (AvgIpc) is 2.64. The number of halogens is 2. The summed E-state index contributed by atoms with van der Waals surface area (Å²) in [5, 5.41) is 4.76. The molecule has 0 fully saturated rings. The van der Waals surface area contributed by atoms with Crippen LogP contribution in [0.5, 0.6) is 5.75 Å². The molecule has 0 unspecified atom stereocenters. The molecule has 0 aliphatic rings. The second-order valence-electron chi connectivity index (χ2n) is 2.51. The van der Waals surface area contributed by atoms with Gasteiger partial charge in [-0.25, -0.2) is 0 Å². The Morgan fingerprint density at radius 2 is 2.14 bits per heavy atom. The van der Waals surface area contributed by atoms with Crippen LogP contribution in [-0.2, 0) is 0 Å². The van der Waals surface area contributed by atoms with Gasteiger partial charge in [0, 0.05) is 12.1 Å². The second kappa shape index (κ2) is 3.90. The summed E-state index contributed by atoms with van der Waals surface area (Å²) in [6.07, 6.45) is 3.06. The zero-order valence-electron chi connectivity index (χ0n) is 6.95. The van der Waals surface area contributed by atoms with Gasteiger partial charge in [0.1, 0.15) is 0 Å². The molecule has 1 radical (unpaired) electrons. The molecule has 0 spiro atoms. The van der Waals surface area contributed by atoms with Crippen LogP contribution >= 0.6 is 23.2 Å². The van der Waals surface area contributed by atoms with Crippen molar-refractivity contribution in [2.24, 2.45) is 0 Å². The second-order valence-corrected chi connectivity index (χ2v) is 3.32. The summed E-state index contributed by atoms with van der Waals surface area (Å²) < 4.78 is 0. The van der Waals surface area contributed by atoms with E-state index in [0.29, 0.717) is 15.8 Å². The van der Waals surface area contributed by atoms with Gasteiger partial charge in [0.15, 0.2) is 5.75 Å². The van der Waals surface area contributed by atoms with Crippen molar-refractivity contribution in [2.75, 3.05) is 0 Å². The van der Waals surface area contributed by atoms with E-state index in [2.05, 4.69) is 11.2 Å². The first-order valence-corrected chi connectivity index (χ1v) is 4.55. The fourth-order valence-electron chi connectivity index (χ4n) is 0.912. The van der Waals surface area contributed by atoms with E-state index in [1.807, 2.05) is 0 Å². The zero-order chi connectivity index (χ0) is 9.97. The fraction of sp³-hybridized carbons (Fsp3) is 0. The first kappa shape index (κ1) is 9.37. The summed E-state index contributed by atoms with van der Waals surface area (Å²) in [4.78, 5) is 6.56. The number of nitrogens with zero attached hydrogens (tertiary/aromatic N) is 2. The van der Waals surface area contributed by atoms with E-state index in [9.17, 15) is 0 Å². The van der Waals surface area contributed by atoms with E-state index in [1.54, 1.807) is 24.4 Å². The highest BCUT2D eigenvalue weighted by Gasteiger charge is 2.01. The molecule has 5 heteroatoms. The molecule has 1 aromatic carbocycles. The summed E-state index contributed by atoms with van der Waals surface area (Å²) in [6, 6.07) is 7.72. The maximum absolute atomic E-state index is 5.80. The molecule has 0 amide bonds. The number of benzene rings is 1. The van der Waals surface area contributed by atoms with Gasteiger partial charge in [-0.15, -0.1) is 5.10 Å². The Morgan fingerprint density at radius 1 is 1.29 bits per heavy atom. The molecule has 1 aromatic heterocycles. The number of aromatic nitrogens is 2. The van der Waals surface area contributed by atoms with Gasteiger partial charge in [-0.1, -0.05) is 28.0 Å². The Morgan fingerprint density at radius 3 is 2.79 bits per heavy atom. The third kappa shape index (κ3) is 2.00. The third-order valence-electron chi connectivity index (χ3n) is 1.52. The average molecular weight is 228 g/mol. The van der Waals surface area contributed by atoms with Crippen molar-refractivity contribution in [1.29, 1.82) is 0 Å². The molecule has 0 aliphatic carbocycles. The summed E-state index contributed by atoms with van der Waals surface area (Å²) in [7, 11) is 0. The van der Waals surface area contributed by atoms with Crippen molar-refractivity contribution in [2.45, 2.75) is 0 Å². The number of rotatable bonds is 2. The van der Waals surface area contributed by atoms with Crippen LogP contribution in [-0.4, -0.2) is 9.94 Å². The van der Waals surface area contributed by atoms with Crippen LogP contribution in [0.1, 0.15) is 0 Å². The molecule has 0 saturated heterocycles. The van der Waals surface area contributed by atoms with Crippen molar-refractivity contribution < 1.29 is 4.84 Å². The minimum atomic E-state index is 0.445. The highest BCUT2D eigenvalue weighted by Crippen LogP contribution is 2.26. The molecule has 0 atom stereocenters. The lowest BCUT2D eigenvalue weighted by atomic mass is 10.3. The minimum absolute atomic E-state index is 0.445. The molecule has 14 heavy (non-hydrogen) atoms. The van der Waals surface area contributed by atoms with Crippen LogP contribution < -0.4 is 4.84 Å². The molecular formula is C9H5Cl2N2O. The zero-order valence-corrected chi connectivity index (χ0v) is 8.46. The fourth-order valence-corrected chi connectivity index (χ4v) is 1.20. The predicted molar refractivity (Wildman–Crippen MR) is 53.6 cm³/mol. The highest BCUT2D eigenvalue weighted by molar-refractivity contribution is 6.42. The maximum atomic E-state index is 5.80. The first-order chi connectivity index (χ1) is 6.75. The Labute approximate surface area is 90.8 Å². The molecule has 71 valence electrons. The molecular weight excluding hydrogens is 223 g/mol. The number of hydrogen-bond donors (Lipinski definition) is 0. The summed E-state index contributed by atoms with van der Waals surface area (Å²) >= 11 is 11.6. The van der Waals surface area contributed by atoms with Gasteiger partial charge >= 0.3 is 0 Å². The van der Waals surface area contributed by atoms with Crippen molar-refractivity contribution in [3.05, 3.63) is 46.7 Å². The van der Waals surface area contributed by atoms with E-state index in [-0.39, 0.29) is 0 Å². The molecule has 3 nitrogen and oxygen atoms in total. The van der Waals surface area contributed by atoms with E-state index >= 15 is 0 Å². The smallest absolute Gasteiger partial charge is 0.159 e. The van der Waals surface area contributed by atoms with Gasteiger partial charge in [-0.3, -0.25) is 0 Å². The van der Waals surface area contributed by atoms with E-state index in [4.69, 9.17) is 28.0 Å². The van der Waals surface area contributed by atoms with E-state index < -0.39 is 0 Å². The van der Waals surface area contributed by atoms with Crippen LogP contribution in [0, 0.1) is 6.07 Å². The highest BCUT2D eigenvalue weighted by atomic mass is 35.5. The molecule has 0 saturated carbocycles. The molecule has 0 bridgehead atoms. The Bertz CT molecular complexity index is 428. The van der Waals surface area contributed by atoms with Gasteiger partial charge < -0.3 is 4.84 Å². The Balaban J connectivity index is 2.22. The molecule has 2 aromatic rings. The van der Waals surface area contributed by atoms with Gasteiger partial charge in [0.2, 0.25) is 0 Å². The number of hydrogen-bond acceptors (Lipinski definition) is 2. The minimum Gasteiger partial charge on any atom is -0.358 e. The Hall–Kier alpha value is -1.19. The largest absolute Gasteiger partial charge is 0.358 e. The topological polar surface area (TPSA) is 27.1 Å². The quantitative estimate of drug-likeness (QED) is 0.790. The van der Waals surface area contributed by atoms with Crippen molar-refractivity contribution in [3.63, 3.8) is 0 Å². The van der Waals surface area contributed by atoms with Gasteiger partial charge in [0.25, 0.3) is 0 Å². The summed E-state index contributed by atoms with van der Waals surface area (Å²) in [6.45, 7) is 0. The van der Waals surface area contributed by atoms with Crippen LogP contribution in [0.25, 0.3) is 0 Å². The molecule has 2 rings (SSSR count). The standard InChI is InChI=1S/C9H5Cl2N2O/c10-8-3-2-7(6-9(8)11)14-13-5-1-4-12-13/h2-6H. The van der Waals surface area contributed by atoms with Gasteiger partial charge in [-0.05, 0) is 12.1 Å². The summed E-state index contributed by atoms with van der Waals surface area (Å²) in [5.41, 5.74) is 0. The monoisotopic (exact) mass is 227 g/mol. The normalized spacial score (nSPS) is 10.1. The predicted octanol–water partition coefficient (Wildman–Crippen LogP) is 2.83. The van der Waals surface area contributed by atoms with Crippen molar-refractivity contribution >= 4 is 23.2 Å². The lowest BCUT2D eigenvalue weighted by molar-refractivity contribution is 0.179. The molecule has 1 heterocycles. The van der Waals surface area contributed by atoms with Crippen LogP contribution in [0.3, 0.4) is 0 Å². The molecule has 0 N–H and O–H groups in total.